The topological polar surface area (TPSA) is 109 Å². The number of likely N-dealkylation sites (tertiary alicyclic amines) is 1. The maximum absolute atomic E-state index is 13.6. The number of nitrogens with one attached hydrogen (secondary N) is 2. The van der Waals surface area contributed by atoms with Gasteiger partial charge in [-0.2, -0.15) is 5.10 Å². The van der Waals surface area contributed by atoms with Gasteiger partial charge in [-0.15, -0.1) is 0 Å². The summed E-state index contributed by atoms with van der Waals surface area (Å²) in [6.45, 7) is 10.5. The predicted octanol–water partition coefficient (Wildman–Crippen LogP) is 7.20. The van der Waals surface area contributed by atoms with Crippen LogP contribution in [-0.4, -0.2) is 56.1 Å². The zero-order valence-corrected chi connectivity index (χ0v) is 26.4. The van der Waals surface area contributed by atoms with Gasteiger partial charge in [0.25, 0.3) is 5.91 Å². The van der Waals surface area contributed by atoms with Crippen molar-refractivity contribution < 1.29 is 19.1 Å². The molecule has 0 saturated carbocycles. The number of carbonyl (C=O) groups is 3. The van der Waals surface area contributed by atoms with Crippen LogP contribution in [0.1, 0.15) is 72.9 Å². The van der Waals surface area contributed by atoms with Crippen molar-refractivity contribution in [3.05, 3.63) is 89.0 Å². The summed E-state index contributed by atoms with van der Waals surface area (Å²) in [4.78, 5) is 44.5. The van der Waals surface area contributed by atoms with E-state index >= 15 is 0 Å². The lowest BCUT2D eigenvalue weighted by atomic mass is 9.90. The monoisotopic (exact) mass is 605 g/mol. The minimum atomic E-state index is -0.561. The number of hydrogen-bond donors (Lipinski definition) is 2. The van der Waals surface area contributed by atoms with Gasteiger partial charge in [0.15, 0.2) is 5.78 Å². The van der Waals surface area contributed by atoms with Gasteiger partial charge in [0.05, 0.1) is 17.5 Å². The van der Waals surface area contributed by atoms with Gasteiger partial charge in [0.1, 0.15) is 5.60 Å². The molecule has 0 spiro atoms. The lowest BCUT2D eigenvalue weighted by Crippen LogP contribution is -2.43. The fourth-order valence-electron chi connectivity index (χ4n) is 6.27. The summed E-state index contributed by atoms with van der Waals surface area (Å²) >= 11 is 0. The number of rotatable bonds is 6. The third-order valence-electron chi connectivity index (χ3n) is 8.43. The Labute approximate surface area is 263 Å². The molecule has 2 N–H and O–H groups in total. The molecule has 0 radical (unpaired) electrons. The molecule has 0 bridgehead atoms. The number of ketones is 1. The Morgan fingerprint density at radius 3 is 2.62 bits per heavy atom. The molecule has 4 aromatic rings. The SMILES string of the molecule is Cc1[nH]c(/C=C2\C(=O)Nc3ccc(-c4cnn(-c5ccccc5)c4)cc32)c(C)c1C(=O)C[C@H]1CCCN(C(=O)OC(C)(C)C)C1. The average molecular weight is 606 g/mol. The van der Waals surface area contributed by atoms with Gasteiger partial charge in [0.2, 0.25) is 0 Å². The number of fused-ring (bicyclic) bond motifs is 1. The number of amides is 2. The molecule has 45 heavy (non-hydrogen) atoms. The van der Waals surface area contributed by atoms with E-state index in [1.807, 2.05) is 106 Å². The molecule has 0 unspecified atom stereocenters. The van der Waals surface area contributed by atoms with E-state index in [4.69, 9.17) is 4.74 Å². The van der Waals surface area contributed by atoms with Crippen molar-refractivity contribution in [1.29, 1.82) is 0 Å². The second-order valence-corrected chi connectivity index (χ2v) is 13.0. The van der Waals surface area contributed by atoms with Crippen molar-refractivity contribution in [2.75, 3.05) is 18.4 Å². The standard InChI is InChI=1S/C36H39N5O4/c1-22-31(38-23(2)33(22)32(42)16-24-10-9-15-40(20-24)35(44)45-36(3,4)5)18-29-28-17-25(13-14-30(28)39-34(29)43)26-19-37-41(21-26)27-11-7-6-8-12-27/h6-8,11-14,17-19,21,24,38H,9-10,15-16,20H2,1-5H3,(H,39,43)/b29-18-/t24-/m1/s1. The molecule has 9 nitrogen and oxygen atoms in total. The smallest absolute Gasteiger partial charge is 0.410 e. The van der Waals surface area contributed by atoms with Gasteiger partial charge in [-0.25, -0.2) is 9.48 Å². The lowest BCUT2D eigenvalue weighted by molar-refractivity contribution is -0.110. The third kappa shape index (κ3) is 6.34. The third-order valence-corrected chi connectivity index (χ3v) is 8.43. The van der Waals surface area contributed by atoms with Crippen molar-refractivity contribution >= 4 is 35.1 Å². The second-order valence-electron chi connectivity index (χ2n) is 13.0. The number of para-hydroxylation sites is 1. The summed E-state index contributed by atoms with van der Waals surface area (Å²) in [5, 5.41) is 7.50. The number of ether oxygens (including phenoxy) is 1. The van der Waals surface area contributed by atoms with Gasteiger partial charge in [0, 0.05) is 59.5 Å². The zero-order valence-electron chi connectivity index (χ0n) is 26.4. The highest BCUT2D eigenvalue weighted by molar-refractivity contribution is 6.35. The molecule has 2 aliphatic rings. The van der Waals surface area contributed by atoms with E-state index in [-0.39, 0.29) is 23.7 Å². The van der Waals surface area contributed by atoms with Crippen LogP contribution in [0.4, 0.5) is 10.5 Å². The molecule has 2 aromatic carbocycles. The molecule has 4 heterocycles. The number of nitrogens with zero attached hydrogens (tertiary/aromatic N) is 3. The Balaban J connectivity index is 1.22. The Morgan fingerprint density at radius 2 is 1.87 bits per heavy atom. The summed E-state index contributed by atoms with van der Waals surface area (Å²) in [5.74, 6) is -0.0894. The Kier molecular flexibility index (Phi) is 7.95. The van der Waals surface area contributed by atoms with E-state index in [0.717, 1.165) is 57.9 Å². The number of piperidine rings is 1. The highest BCUT2D eigenvalue weighted by atomic mass is 16.6. The minimum absolute atomic E-state index is 0.0379. The highest BCUT2D eigenvalue weighted by Gasteiger charge is 2.31. The van der Waals surface area contributed by atoms with Crippen molar-refractivity contribution in [2.24, 2.45) is 5.92 Å². The molecule has 1 fully saturated rings. The molecule has 1 saturated heterocycles. The van der Waals surface area contributed by atoms with Crippen LogP contribution in [0.25, 0.3) is 28.5 Å². The van der Waals surface area contributed by atoms with Crippen LogP contribution in [-0.2, 0) is 9.53 Å². The quantitative estimate of drug-likeness (QED) is 0.179. The van der Waals surface area contributed by atoms with Crippen LogP contribution in [0.15, 0.2) is 60.9 Å². The van der Waals surface area contributed by atoms with Crippen LogP contribution in [0, 0.1) is 19.8 Å². The van der Waals surface area contributed by atoms with Gasteiger partial charge in [-0.1, -0.05) is 24.3 Å². The van der Waals surface area contributed by atoms with Crippen LogP contribution < -0.4 is 5.32 Å². The van der Waals surface area contributed by atoms with Gasteiger partial charge < -0.3 is 19.9 Å². The molecule has 2 aromatic heterocycles. The van der Waals surface area contributed by atoms with E-state index < -0.39 is 5.60 Å². The zero-order chi connectivity index (χ0) is 31.9. The fourth-order valence-corrected chi connectivity index (χ4v) is 6.27. The normalized spacial score (nSPS) is 17.4. The highest BCUT2D eigenvalue weighted by Crippen LogP contribution is 2.37. The first-order chi connectivity index (χ1) is 21.5. The number of Topliss-reactive ketones (excluding diaryl/α,β-unsaturated/α-hetero) is 1. The lowest BCUT2D eigenvalue weighted by Gasteiger charge is -2.34. The number of aryl methyl sites for hydroxylation is 1. The molecular weight excluding hydrogens is 566 g/mol. The van der Waals surface area contributed by atoms with Gasteiger partial charge in [-0.3, -0.25) is 9.59 Å². The molecule has 232 valence electrons. The summed E-state index contributed by atoms with van der Waals surface area (Å²) in [6.07, 6.45) is 7.36. The first kappa shape index (κ1) is 30.1. The van der Waals surface area contributed by atoms with Crippen molar-refractivity contribution in [2.45, 2.75) is 59.5 Å². The summed E-state index contributed by atoms with van der Waals surface area (Å²) in [5.41, 5.74) is 7.33. The fraction of sp³-hybridized carbons (Fsp3) is 0.333. The number of H-pyrrole nitrogens is 1. The first-order valence-corrected chi connectivity index (χ1v) is 15.4. The Hall–Kier alpha value is -4.92. The van der Waals surface area contributed by atoms with Crippen molar-refractivity contribution in [3.8, 4) is 16.8 Å². The largest absolute Gasteiger partial charge is 0.444 e. The Bertz CT molecular complexity index is 1810. The van der Waals surface area contributed by atoms with E-state index in [1.54, 1.807) is 4.90 Å². The summed E-state index contributed by atoms with van der Waals surface area (Å²) in [7, 11) is 0. The Morgan fingerprint density at radius 1 is 1.09 bits per heavy atom. The number of benzene rings is 2. The predicted molar refractivity (Wildman–Crippen MR) is 175 cm³/mol. The first-order valence-electron chi connectivity index (χ1n) is 15.4. The van der Waals surface area contributed by atoms with Crippen molar-refractivity contribution in [1.82, 2.24) is 19.7 Å². The van der Waals surface area contributed by atoms with E-state index in [2.05, 4.69) is 15.4 Å². The van der Waals surface area contributed by atoms with Crippen LogP contribution in [0.2, 0.25) is 0 Å². The van der Waals surface area contributed by atoms with Crippen LogP contribution in [0.5, 0.6) is 0 Å². The summed E-state index contributed by atoms with van der Waals surface area (Å²) in [6, 6.07) is 15.8. The maximum Gasteiger partial charge on any atom is 0.410 e. The molecule has 2 amide bonds. The maximum atomic E-state index is 13.6. The van der Waals surface area contributed by atoms with Crippen LogP contribution in [0.3, 0.4) is 0 Å². The minimum Gasteiger partial charge on any atom is -0.444 e. The van der Waals surface area contributed by atoms with Gasteiger partial charge in [-0.05, 0) is 94.8 Å². The van der Waals surface area contributed by atoms with E-state index in [1.165, 1.54) is 0 Å². The number of hydrogen-bond acceptors (Lipinski definition) is 5. The molecule has 6 rings (SSSR count). The van der Waals surface area contributed by atoms with E-state index in [9.17, 15) is 14.4 Å². The molecule has 2 aliphatic heterocycles. The van der Waals surface area contributed by atoms with Crippen LogP contribution >= 0.6 is 0 Å². The number of anilines is 1. The molecule has 0 aliphatic carbocycles. The molecular formula is C36H39N5O4. The van der Waals surface area contributed by atoms with Gasteiger partial charge >= 0.3 is 6.09 Å². The van der Waals surface area contributed by atoms with Crippen molar-refractivity contribution in [3.63, 3.8) is 0 Å². The molecule has 9 heteroatoms. The number of carbonyl (C=O) groups excluding carboxylic acids is 3. The average Bonchev–Trinajstić information content (AvgIpc) is 3.68. The number of aromatic nitrogens is 3. The second kappa shape index (κ2) is 11.9. The summed E-state index contributed by atoms with van der Waals surface area (Å²) < 4.78 is 7.39. The molecule has 1 atom stereocenters. The van der Waals surface area contributed by atoms with E-state index in [0.29, 0.717) is 30.6 Å². The number of aromatic amines is 1.